The number of unbranched alkanes of at least 4 members (excludes halogenated alkanes) is 21. The van der Waals surface area contributed by atoms with Crippen molar-refractivity contribution in [3.8, 4) is 0 Å². The molecule has 2 N–H and O–H groups in total. The van der Waals surface area contributed by atoms with Crippen molar-refractivity contribution in [2.24, 2.45) is 0 Å². The van der Waals surface area contributed by atoms with Gasteiger partial charge in [0.2, 0.25) is 0 Å². The van der Waals surface area contributed by atoms with Crippen molar-refractivity contribution in [1.29, 1.82) is 0 Å². The van der Waals surface area contributed by atoms with Crippen LogP contribution in [0.5, 0.6) is 0 Å². The Bertz CT molecular complexity index is 736. The maximum Gasteiger partial charge on any atom is 0.469 e. The van der Waals surface area contributed by atoms with E-state index in [2.05, 4.69) is 30.5 Å². The lowest BCUT2D eigenvalue weighted by molar-refractivity contribution is -0.161. The summed E-state index contributed by atoms with van der Waals surface area (Å²) in [6.07, 6.45) is 32.2. The van der Waals surface area contributed by atoms with Crippen LogP contribution in [0.3, 0.4) is 0 Å². The number of rotatable bonds is 33. The van der Waals surface area contributed by atoms with Gasteiger partial charge in [0.05, 0.1) is 6.61 Å². The van der Waals surface area contributed by atoms with E-state index in [0.717, 1.165) is 44.9 Å². The van der Waals surface area contributed by atoms with Gasteiger partial charge in [-0.3, -0.25) is 14.1 Å². The van der Waals surface area contributed by atoms with E-state index in [1.165, 1.54) is 103 Å². The number of phosphoric ester groups is 1. The van der Waals surface area contributed by atoms with Gasteiger partial charge in [-0.1, -0.05) is 142 Å². The molecule has 0 aromatic rings. The van der Waals surface area contributed by atoms with Crippen molar-refractivity contribution in [3.05, 3.63) is 12.2 Å². The molecule has 0 aromatic carbocycles. The molecule has 1 atom stereocenters. The number of phosphoric acid groups is 1. The minimum Gasteiger partial charge on any atom is -0.462 e. The lowest BCUT2D eigenvalue weighted by atomic mass is 10.1. The Labute approximate surface area is 269 Å². The number of carbonyl (C=O) groups excluding carboxylic acids is 2. The van der Waals surface area contributed by atoms with Gasteiger partial charge in [0.15, 0.2) is 6.10 Å². The van der Waals surface area contributed by atoms with Crippen LogP contribution in [0.2, 0.25) is 0 Å². The van der Waals surface area contributed by atoms with Crippen molar-refractivity contribution in [3.63, 3.8) is 0 Å². The predicted molar refractivity (Wildman–Crippen MR) is 179 cm³/mol. The van der Waals surface area contributed by atoms with Crippen molar-refractivity contribution in [1.82, 2.24) is 0 Å². The molecule has 8 nitrogen and oxygen atoms in total. The highest BCUT2D eigenvalue weighted by molar-refractivity contribution is 7.46. The lowest BCUT2D eigenvalue weighted by Gasteiger charge is -2.18. The van der Waals surface area contributed by atoms with Crippen molar-refractivity contribution in [2.45, 2.75) is 187 Å². The van der Waals surface area contributed by atoms with E-state index in [9.17, 15) is 14.2 Å². The molecule has 0 aliphatic carbocycles. The molecule has 0 amide bonds. The molecule has 44 heavy (non-hydrogen) atoms. The van der Waals surface area contributed by atoms with E-state index < -0.39 is 32.5 Å². The number of allylic oxidation sites excluding steroid dienone is 2. The minimum atomic E-state index is -4.74. The smallest absolute Gasteiger partial charge is 0.462 e. The standard InChI is InChI=1S/C35H67O8P/c1-3-5-7-9-11-13-15-16-17-18-20-22-24-26-28-30-35(37)43-33(32-42-44(38,39)40)31-41-34(36)29-27-25-23-21-19-14-12-10-8-6-4-2/h13,15,33H,3-12,14,16-32H2,1-2H3,(H2,38,39,40)/b15-13+/t33-/m1/s1. The monoisotopic (exact) mass is 646 g/mol. The van der Waals surface area contributed by atoms with Crippen molar-refractivity contribution < 1.29 is 37.9 Å². The Hall–Kier alpha value is -1.21. The van der Waals surface area contributed by atoms with Crippen molar-refractivity contribution >= 4 is 19.8 Å². The van der Waals surface area contributed by atoms with Gasteiger partial charge in [-0.05, 0) is 38.5 Å². The van der Waals surface area contributed by atoms with E-state index in [1.54, 1.807) is 0 Å². The molecular formula is C35H67O8P. The minimum absolute atomic E-state index is 0.210. The van der Waals surface area contributed by atoms with Crippen LogP contribution >= 0.6 is 7.82 Å². The summed E-state index contributed by atoms with van der Waals surface area (Å²) in [7, 11) is -4.74. The van der Waals surface area contributed by atoms with E-state index in [4.69, 9.17) is 19.3 Å². The fourth-order valence-electron chi connectivity index (χ4n) is 5.07. The van der Waals surface area contributed by atoms with Gasteiger partial charge in [0, 0.05) is 12.8 Å². The maximum atomic E-state index is 12.3. The van der Waals surface area contributed by atoms with Crippen LogP contribution in [0.25, 0.3) is 0 Å². The predicted octanol–water partition coefficient (Wildman–Crippen LogP) is 10.3. The zero-order valence-corrected chi connectivity index (χ0v) is 29.2. The summed E-state index contributed by atoms with van der Waals surface area (Å²) in [5.41, 5.74) is 0. The Morgan fingerprint density at radius 3 is 1.41 bits per heavy atom. The molecule has 0 aromatic heterocycles. The van der Waals surface area contributed by atoms with Crippen molar-refractivity contribution in [2.75, 3.05) is 13.2 Å². The van der Waals surface area contributed by atoms with E-state index >= 15 is 0 Å². The molecule has 260 valence electrons. The van der Waals surface area contributed by atoms with Crippen LogP contribution in [-0.4, -0.2) is 41.0 Å². The largest absolute Gasteiger partial charge is 0.469 e. The Balaban J connectivity index is 3.97. The fraction of sp³-hybridized carbons (Fsp3) is 0.886. The van der Waals surface area contributed by atoms with E-state index in [0.29, 0.717) is 6.42 Å². The summed E-state index contributed by atoms with van der Waals surface area (Å²) in [6, 6.07) is 0. The molecule has 0 heterocycles. The molecule has 0 unspecified atom stereocenters. The van der Waals surface area contributed by atoms with Gasteiger partial charge >= 0.3 is 19.8 Å². The molecule has 0 aliphatic rings. The highest BCUT2D eigenvalue weighted by Crippen LogP contribution is 2.36. The quantitative estimate of drug-likeness (QED) is 0.0313. The molecule has 9 heteroatoms. The Morgan fingerprint density at radius 1 is 0.568 bits per heavy atom. The number of ether oxygens (including phenoxy) is 2. The van der Waals surface area contributed by atoms with Crippen LogP contribution in [0, 0.1) is 0 Å². The second-order valence-electron chi connectivity index (χ2n) is 12.2. The fourth-order valence-corrected chi connectivity index (χ4v) is 5.43. The number of hydrogen-bond acceptors (Lipinski definition) is 6. The molecule has 0 rings (SSSR count). The molecule has 0 bridgehead atoms. The summed E-state index contributed by atoms with van der Waals surface area (Å²) < 4.78 is 26.2. The third-order valence-corrected chi connectivity index (χ3v) is 8.27. The average Bonchev–Trinajstić information content (AvgIpc) is 2.98. The van der Waals surface area contributed by atoms with Gasteiger partial charge in [-0.25, -0.2) is 4.57 Å². The van der Waals surface area contributed by atoms with E-state index in [-0.39, 0.29) is 19.4 Å². The first-order valence-electron chi connectivity index (χ1n) is 18.0. The number of hydrogen-bond donors (Lipinski definition) is 2. The highest BCUT2D eigenvalue weighted by Gasteiger charge is 2.22. The topological polar surface area (TPSA) is 119 Å². The molecular weight excluding hydrogens is 579 g/mol. The summed E-state index contributed by atoms with van der Waals surface area (Å²) in [5, 5.41) is 0. The first-order valence-corrected chi connectivity index (χ1v) is 19.5. The zero-order valence-electron chi connectivity index (χ0n) is 28.3. The summed E-state index contributed by atoms with van der Waals surface area (Å²) >= 11 is 0. The van der Waals surface area contributed by atoms with Gasteiger partial charge in [-0.15, -0.1) is 0 Å². The zero-order chi connectivity index (χ0) is 32.6. The molecule has 0 spiro atoms. The summed E-state index contributed by atoms with van der Waals surface area (Å²) in [5.74, 6) is -0.885. The molecule has 0 fully saturated rings. The highest BCUT2D eigenvalue weighted by atomic mass is 31.2. The average molecular weight is 647 g/mol. The first kappa shape index (κ1) is 42.8. The molecule has 0 aliphatic heterocycles. The van der Waals surface area contributed by atoms with Crippen LogP contribution < -0.4 is 0 Å². The van der Waals surface area contributed by atoms with Crippen LogP contribution in [-0.2, 0) is 28.2 Å². The summed E-state index contributed by atoms with van der Waals surface area (Å²) in [6.45, 7) is 3.65. The number of esters is 2. The van der Waals surface area contributed by atoms with Gasteiger partial charge in [0.1, 0.15) is 6.61 Å². The third kappa shape index (κ3) is 33.7. The Morgan fingerprint density at radius 2 is 0.955 bits per heavy atom. The Kier molecular flexibility index (Phi) is 30.9. The SMILES string of the molecule is CCCCCC/C=C/CCCCCCCCCC(=O)O[C@H](COC(=O)CCCCCCCCCCCCC)COP(=O)(O)O. The molecule has 0 saturated carbocycles. The van der Waals surface area contributed by atoms with Crippen LogP contribution in [0.15, 0.2) is 12.2 Å². The second-order valence-corrected chi connectivity index (χ2v) is 13.4. The summed E-state index contributed by atoms with van der Waals surface area (Å²) in [4.78, 5) is 42.6. The number of carbonyl (C=O) groups is 2. The third-order valence-electron chi connectivity index (χ3n) is 7.78. The van der Waals surface area contributed by atoms with Crippen LogP contribution in [0.1, 0.15) is 181 Å². The van der Waals surface area contributed by atoms with Gasteiger partial charge in [0.25, 0.3) is 0 Å². The first-order chi connectivity index (χ1) is 21.3. The maximum absolute atomic E-state index is 12.3. The van der Waals surface area contributed by atoms with Gasteiger partial charge in [-0.2, -0.15) is 0 Å². The van der Waals surface area contributed by atoms with Gasteiger partial charge < -0.3 is 19.3 Å². The second kappa shape index (κ2) is 31.8. The molecule has 0 radical (unpaired) electrons. The lowest BCUT2D eigenvalue weighted by Crippen LogP contribution is -2.29. The molecule has 0 saturated heterocycles. The van der Waals surface area contributed by atoms with Crippen LogP contribution in [0.4, 0.5) is 0 Å². The van der Waals surface area contributed by atoms with E-state index in [1.807, 2.05) is 0 Å². The normalized spacial score (nSPS) is 12.5.